The van der Waals surface area contributed by atoms with E-state index in [2.05, 4.69) is 81.5 Å². The van der Waals surface area contributed by atoms with Crippen molar-refractivity contribution >= 4 is 17.9 Å². The van der Waals surface area contributed by atoms with E-state index in [4.69, 9.17) is 14.2 Å². The number of esters is 3. The van der Waals surface area contributed by atoms with E-state index in [-0.39, 0.29) is 31.1 Å². The molecule has 0 bridgehead atoms. The van der Waals surface area contributed by atoms with Crippen LogP contribution in [0.1, 0.15) is 252 Å². The number of hydrogen-bond acceptors (Lipinski definition) is 6. The van der Waals surface area contributed by atoms with Gasteiger partial charge in [0.1, 0.15) is 13.2 Å². The summed E-state index contributed by atoms with van der Waals surface area (Å²) in [4.78, 5) is 37.9. The first-order valence-electron chi connectivity index (χ1n) is 25.8. The highest BCUT2D eigenvalue weighted by molar-refractivity contribution is 5.71. The van der Waals surface area contributed by atoms with Crippen molar-refractivity contribution in [3.8, 4) is 0 Å². The number of unbranched alkanes of at least 4 members (excludes halogenated alkanes) is 25. The molecular weight excluding hydrogens is 757 g/mol. The van der Waals surface area contributed by atoms with E-state index in [0.29, 0.717) is 19.3 Å². The smallest absolute Gasteiger partial charge is 0.306 e. The van der Waals surface area contributed by atoms with Crippen LogP contribution in [-0.2, 0) is 28.6 Å². The molecule has 0 aliphatic rings. The summed E-state index contributed by atoms with van der Waals surface area (Å²) < 4.78 is 16.8. The van der Waals surface area contributed by atoms with Gasteiger partial charge in [-0.15, -0.1) is 0 Å². The van der Waals surface area contributed by atoms with Gasteiger partial charge in [-0.3, -0.25) is 14.4 Å². The normalized spacial score (nSPS) is 12.5. The Bertz CT molecular complexity index is 1120. The van der Waals surface area contributed by atoms with Crippen molar-refractivity contribution in [1.82, 2.24) is 0 Å². The van der Waals surface area contributed by atoms with Gasteiger partial charge in [-0.2, -0.15) is 0 Å². The van der Waals surface area contributed by atoms with Gasteiger partial charge in [0, 0.05) is 19.3 Å². The summed E-state index contributed by atoms with van der Waals surface area (Å²) in [6, 6.07) is 0. The fraction of sp³-hybridized carbons (Fsp3) is 0.764. The molecule has 352 valence electrons. The van der Waals surface area contributed by atoms with Gasteiger partial charge in [-0.1, -0.05) is 184 Å². The van der Waals surface area contributed by atoms with Crippen LogP contribution in [0.5, 0.6) is 0 Å². The predicted molar refractivity (Wildman–Crippen MR) is 261 cm³/mol. The molecule has 6 heteroatoms. The van der Waals surface area contributed by atoms with E-state index in [0.717, 1.165) is 109 Å². The Morgan fingerprint density at radius 1 is 0.328 bits per heavy atom. The molecule has 0 rings (SSSR count). The summed E-state index contributed by atoms with van der Waals surface area (Å²) in [6.07, 6.45) is 60.5. The Kier molecular flexibility index (Phi) is 47.4. The summed E-state index contributed by atoms with van der Waals surface area (Å²) in [5, 5.41) is 0. The molecule has 0 aliphatic carbocycles. The molecule has 0 aromatic rings. The minimum atomic E-state index is -0.789. The molecule has 0 saturated carbocycles. The van der Waals surface area contributed by atoms with Gasteiger partial charge in [0.2, 0.25) is 0 Å². The molecule has 6 nitrogen and oxygen atoms in total. The number of ether oxygens (including phenoxy) is 3. The molecule has 0 aromatic carbocycles. The van der Waals surface area contributed by atoms with Crippen LogP contribution in [0.3, 0.4) is 0 Å². The van der Waals surface area contributed by atoms with E-state index in [1.807, 2.05) is 0 Å². The highest BCUT2D eigenvalue weighted by atomic mass is 16.6. The average Bonchev–Trinajstić information content (AvgIpc) is 3.26. The molecule has 0 spiro atoms. The van der Waals surface area contributed by atoms with Gasteiger partial charge in [-0.25, -0.2) is 0 Å². The van der Waals surface area contributed by atoms with Crippen molar-refractivity contribution in [1.29, 1.82) is 0 Å². The standard InChI is InChI=1S/C55H96O6/c1-4-7-10-13-16-19-22-25-27-30-33-36-39-42-45-48-54(57)60-51-52(50-59-53(56)47-44-41-38-35-32-29-24-21-18-15-12-9-6-3)61-55(58)49-46-43-40-37-34-31-28-26-23-20-17-14-11-8-5-2/h16-17,19-21,24-28,52H,4-15,18,22-23,29-51H2,1-3H3. The highest BCUT2D eigenvalue weighted by Crippen LogP contribution is 2.13. The third-order valence-corrected chi connectivity index (χ3v) is 11.0. The monoisotopic (exact) mass is 853 g/mol. The van der Waals surface area contributed by atoms with Crippen molar-refractivity contribution < 1.29 is 28.6 Å². The van der Waals surface area contributed by atoms with E-state index >= 15 is 0 Å². The van der Waals surface area contributed by atoms with Crippen molar-refractivity contribution in [2.75, 3.05) is 13.2 Å². The maximum atomic E-state index is 12.8. The Balaban J connectivity index is 4.44. The summed E-state index contributed by atoms with van der Waals surface area (Å²) in [6.45, 7) is 6.54. The van der Waals surface area contributed by atoms with Crippen LogP contribution in [-0.4, -0.2) is 37.2 Å². The van der Waals surface area contributed by atoms with Crippen LogP contribution >= 0.6 is 0 Å². The zero-order valence-electron chi connectivity index (χ0n) is 40.2. The zero-order valence-corrected chi connectivity index (χ0v) is 40.2. The highest BCUT2D eigenvalue weighted by Gasteiger charge is 2.19. The van der Waals surface area contributed by atoms with Crippen molar-refractivity contribution in [3.05, 3.63) is 60.8 Å². The molecule has 0 aliphatic heterocycles. The SMILES string of the molecule is CCCCCC=CCC=CCCCCCCCC(=O)OCC(COC(=O)CCCCCCCC=CCCCCCC)OC(=O)CCCCCCCC=CCC=CCCCCC. The Morgan fingerprint density at radius 3 is 0.951 bits per heavy atom. The van der Waals surface area contributed by atoms with Crippen LogP contribution in [0.4, 0.5) is 0 Å². The van der Waals surface area contributed by atoms with Gasteiger partial charge in [0.15, 0.2) is 6.10 Å². The Hall–Kier alpha value is -2.89. The minimum absolute atomic E-state index is 0.0888. The lowest BCUT2D eigenvalue weighted by Crippen LogP contribution is -2.30. The first-order chi connectivity index (χ1) is 30.0. The van der Waals surface area contributed by atoms with Gasteiger partial charge in [-0.05, 0) is 109 Å². The predicted octanol–water partition coefficient (Wildman–Crippen LogP) is 16.9. The molecular formula is C55H96O6. The second-order valence-electron chi connectivity index (χ2n) is 17.1. The van der Waals surface area contributed by atoms with Gasteiger partial charge in [0.25, 0.3) is 0 Å². The first-order valence-corrected chi connectivity index (χ1v) is 25.8. The molecule has 0 amide bonds. The largest absolute Gasteiger partial charge is 0.462 e. The molecule has 0 aromatic heterocycles. The second kappa shape index (κ2) is 49.8. The van der Waals surface area contributed by atoms with E-state index in [1.165, 1.54) is 103 Å². The minimum Gasteiger partial charge on any atom is -0.462 e. The van der Waals surface area contributed by atoms with Crippen molar-refractivity contribution in [3.63, 3.8) is 0 Å². The third kappa shape index (κ3) is 48.0. The van der Waals surface area contributed by atoms with Crippen LogP contribution in [0, 0.1) is 0 Å². The van der Waals surface area contributed by atoms with Crippen LogP contribution in [0.2, 0.25) is 0 Å². The third-order valence-electron chi connectivity index (χ3n) is 11.0. The van der Waals surface area contributed by atoms with Crippen LogP contribution < -0.4 is 0 Å². The molecule has 1 unspecified atom stereocenters. The zero-order chi connectivity index (χ0) is 44.4. The van der Waals surface area contributed by atoms with Gasteiger partial charge >= 0.3 is 17.9 Å². The van der Waals surface area contributed by atoms with Gasteiger partial charge in [0.05, 0.1) is 0 Å². The fourth-order valence-electron chi connectivity index (χ4n) is 7.03. The lowest BCUT2D eigenvalue weighted by molar-refractivity contribution is -0.167. The molecule has 0 fully saturated rings. The maximum absolute atomic E-state index is 12.8. The summed E-state index contributed by atoms with van der Waals surface area (Å²) in [5.41, 5.74) is 0. The number of carbonyl (C=O) groups is 3. The molecule has 0 saturated heterocycles. The number of carbonyl (C=O) groups excluding carboxylic acids is 3. The van der Waals surface area contributed by atoms with Crippen LogP contribution in [0.15, 0.2) is 60.8 Å². The maximum Gasteiger partial charge on any atom is 0.306 e. The second-order valence-corrected chi connectivity index (χ2v) is 17.1. The molecule has 0 radical (unpaired) electrons. The van der Waals surface area contributed by atoms with E-state index < -0.39 is 6.10 Å². The molecule has 0 N–H and O–H groups in total. The summed E-state index contributed by atoms with van der Waals surface area (Å²) in [7, 11) is 0. The van der Waals surface area contributed by atoms with E-state index in [1.54, 1.807) is 0 Å². The topological polar surface area (TPSA) is 78.9 Å². The number of hydrogen-bond donors (Lipinski definition) is 0. The number of rotatable bonds is 46. The lowest BCUT2D eigenvalue weighted by atomic mass is 10.1. The summed E-state index contributed by atoms with van der Waals surface area (Å²) >= 11 is 0. The van der Waals surface area contributed by atoms with Crippen molar-refractivity contribution in [2.45, 2.75) is 258 Å². The molecule has 1 atom stereocenters. The first kappa shape index (κ1) is 58.1. The number of allylic oxidation sites excluding steroid dienone is 10. The summed E-state index contributed by atoms with van der Waals surface area (Å²) in [5.74, 6) is -0.922. The van der Waals surface area contributed by atoms with E-state index in [9.17, 15) is 14.4 Å². The average molecular weight is 853 g/mol. The molecule has 61 heavy (non-hydrogen) atoms. The fourth-order valence-corrected chi connectivity index (χ4v) is 7.03. The van der Waals surface area contributed by atoms with Crippen molar-refractivity contribution in [2.24, 2.45) is 0 Å². The Morgan fingerprint density at radius 2 is 0.590 bits per heavy atom. The van der Waals surface area contributed by atoms with Crippen LogP contribution in [0.25, 0.3) is 0 Å². The van der Waals surface area contributed by atoms with Gasteiger partial charge < -0.3 is 14.2 Å². The molecule has 0 heterocycles. The lowest BCUT2D eigenvalue weighted by Gasteiger charge is -2.18. The quantitative estimate of drug-likeness (QED) is 0.0263. The Labute approximate surface area is 377 Å².